The predicted molar refractivity (Wildman–Crippen MR) is 101 cm³/mol. The highest BCUT2D eigenvalue weighted by molar-refractivity contribution is 5.88. The molecule has 0 saturated heterocycles. The van der Waals surface area contributed by atoms with Crippen LogP contribution in [0.3, 0.4) is 0 Å². The van der Waals surface area contributed by atoms with Crippen LogP contribution in [0, 0.1) is 13.8 Å². The first-order chi connectivity index (χ1) is 12.1. The van der Waals surface area contributed by atoms with E-state index in [1.165, 1.54) is 5.56 Å². The zero-order chi connectivity index (χ0) is 17.7. The average molecular weight is 337 g/mol. The Morgan fingerprint density at radius 1 is 1.04 bits per heavy atom. The second kappa shape index (κ2) is 7.73. The Balaban J connectivity index is 1.59. The minimum atomic E-state index is -0.361. The normalized spacial score (nSPS) is 15.8. The molecule has 1 saturated carbocycles. The quantitative estimate of drug-likeness (QED) is 0.798. The number of hydrogen-bond donors (Lipinski definition) is 1. The van der Waals surface area contributed by atoms with Crippen molar-refractivity contribution >= 4 is 5.91 Å². The Kier molecular flexibility index (Phi) is 5.42. The zero-order valence-corrected chi connectivity index (χ0v) is 15.2. The van der Waals surface area contributed by atoms with Gasteiger partial charge >= 0.3 is 0 Å². The van der Waals surface area contributed by atoms with E-state index in [1.807, 2.05) is 30.3 Å². The van der Waals surface area contributed by atoms with Crippen molar-refractivity contribution in [3.8, 4) is 5.75 Å². The number of rotatable bonds is 6. The number of amides is 1. The molecule has 0 radical (unpaired) electrons. The van der Waals surface area contributed by atoms with Crippen molar-refractivity contribution in [1.82, 2.24) is 5.32 Å². The second-order valence-electron chi connectivity index (χ2n) is 6.96. The highest BCUT2D eigenvalue weighted by Gasteiger charge is 2.42. The van der Waals surface area contributed by atoms with Gasteiger partial charge in [0.1, 0.15) is 12.4 Å². The summed E-state index contributed by atoms with van der Waals surface area (Å²) in [6, 6.07) is 16.3. The van der Waals surface area contributed by atoms with Crippen LogP contribution >= 0.6 is 0 Å². The van der Waals surface area contributed by atoms with E-state index in [0.29, 0.717) is 13.2 Å². The lowest BCUT2D eigenvalue weighted by Crippen LogP contribution is -2.44. The number of carbonyl (C=O) groups excluding carboxylic acids is 1. The molecule has 3 nitrogen and oxygen atoms in total. The molecular weight excluding hydrogens is 310 g/mol. The largest absolute Gasteiger partial charge is 0.491 e. The van der Waals surface area contributed by atoms with Crippen LogP contribution in [-0.4, -0.2) is 19.1 Å². The van der Waals surface area contributed by atoms with E-state index in [0.717, 1.165) is 42.6 Å². The fourth-order valence-electron chi connectivity index (χ4n) is 3.76. The van der Waals surface area contributed by atoms with E-state index < -0.39 is 0 Å². The molecule has 2 aromatic rings. The van der Waals surface area contributed by atoms with Gasteiger partial charge in [0.25, 0.3) is 0 Å². The first kappa shape index (κ1) is 17.5. The maximum atomic E-state index is 12.9. The molecule has 0 atom stereocenters. The maximum Gasteiger partial charge on any atom is 0.230 e. The van der Waals surface area contributed by atoms with Gasteiger partial charge in [-0.25, -0.2) is 0 Å². The molecule has 0 spiro atoms. The van der Waals surface area contributed by atoms with Crippen LogP contribution < -0.4 is 10.1 Å². The third kappa shape index (κ3) is 3.71. The molecule has 0 unspecified atom stereocenters. The Bertz CT molecular complexity index is 718. The van der Waals surface area contributed by atoms with Crippen LogP contribution in [0.2, 0.25) is 0 Å². The molecule has 1 N–H and O–H groups in total. The molecule has 3 rings (SSSR count). The number of carbonyl (C=O) groups is 1. The van der Waals surface area contributed by atoms with Crippen LogP contribution in [0.4, 0.5) is 0 Å². The van der Waals surface area contributed by atoms with Gasteiger partial charge in [-0.1, -0.05) is 55.3 Å². The fraction of sp³-hybridized carbons (Fsp3) is 0.409. The van der Waals surface area contributed by atoms with Crippen LogP contribution in [0.25, 0.3) is 0 Å². The summed E-state index contributed by atoms with van der Waals surface area (Å²) in [5.74, 6) is 1.04. The topological polar surface area (TPSA) is 38.3 Å². The number of aryl methyl sites for hydroxylation is 1. The summed E-state index contributed by atoms with van der Waals surface area (Å²) < 4.78 is 5.85. The smallest absolute Gasteiger partial charge is 0.230 e. The van der Waals surface area contributed by atoms with E-state index in [4.69, 9.17) is 4.74 Å². The van der Waals surface area contributed by atoms with Crippen molar-refractivity contribution in [2.75, 3.05) is 13.2 Å². The van der Waals surface area contributed by atoms with Gasteiger partial charge in [-0.05, 0) is 49.4 Å². The van der Waals surface area contributed by atoms with Gasteiger partial charge in [0.05, 0.1) is 12.0 Å². The first-order valence-electron chi connectivity index (χ1n) is 9.16. The van der Waals surface area contributed by atoms with Crippen LogP contribution in [0.1, 0.15) is 42.4 Å². The van der Waals surface area contributed by atoms with Gasteiger partial charge in [-0.2, -0.15) is 0 Å². The molecule has 0 bridgehead atoms. The second-order valence-corrected chi connectivity index (χ2v) is 6.96. The molecule has 1 amide bonds. The van der Waals surface area contributed by atoms with E-state index >= 15 is 0 Å². The Morgan fingerprint density at radius 2 is 1.76 bits per heavy atom. The Labute approximate surface area is 150 Å². The van der Waals surface area contributed by atoms with Crippen molar-refractivity contribution in [1.29, 1.82) is 0 Å². The molecular formula is C22H27NO2. The molecule has 0 heterocycles. The summed E-state index contributed by atoms with van der Waals surface area (Å²) in [6.45, 7) is 5.15. The monoisotopic (exact) mass is 337 g/mol. The fourth-order valence-corrected chi connectivity index (χ4v) is 3.76. The molecule has 1 fully saturated rings. The molecule has 1 aliphatic rings. The van der Waals surface area contributed by atoms with E-state index in [2.05, 4.69) is 37.4 Å². The SMILES string of the molecule is Cc1cccc(OCCNC(=O)C2(c3ccccc3)CCCC2)c1C. The third-order valence-corrected chi connectivity index (χ3v) is 5.42. The maximum absolute atomic E-state index is 12.9. The summed E-state index contributed by atoms with van der Waals surface area (Å²) in [6.07, 6.45) is 4.09. The van der Waals surface area contributed by atoms with Crippen molar-refractivity contribution in [2.24, 2.45) is 0 Å². The molecule has 0 aromatic heterocycles. The van der Waals surface area contributed by atoms with Crippen LogP contribution in [0.15, 0.2) is 48.5 Å². The predicted octanol–water partition coefficient (Wildman–Crippen LogP) is 4.31. The summed E-state index contributed by atoms with van der Waals surface area (Å²) in [5, 5.41) is 3.10. The summed E-state index contributed by atoms with van der Waals surface area (Å²) in [7, 11) is 0. The lowest BCUT2D eigenvalue weighted by atomic mass is 9.78. The van der Waals surface area contributed by atoms with Gasteiger partial charge in [0.15, 0.2) is 0 Å². The lowest BCUT2D eigenvalue weighted by Gasteiger charge is -2.28. The van der Waals surface area contributed by atoms with Crippen molar-refractivity contribution in [3.63, 3.8) is 0 Å². The van der Waals surface area contributed by atoms with E-state index in [1.54, 1.807) is 0 Å². The molecule has 25 heavy (non-hydrogen) atoms. The number of ether oxygens (including phenoxy) is 1. The molecule has 3 heteroatoms. The molecule has 2 aromatic carbocycles. The van der Waals surface area contributed by atoms with Crippen molar-refractivity contribution in [3.05, 3.63) is 65.2 Å². The number of hydrogen-bond acceptors (Lipinski definition) is 2. The van der Waals surface area contributed by atoms with Crippen molar-refractivity contribution < 1.29 is 9.53 Å². The van der Waals surface area contributed by atoms with E-state index in [-0.39, 0.29) is 11.3 Å². The average Bonchev–Trinajstić information content (AvgIpc) is 3.14. The van der Waals surface area contributed by atoms with Gasteiger partial charge < -0.3 is 10.1 Å². The minimum Gasteiger partial charge on any atom is -0.491 e. The van der Waals surface area contributed by atoms with Crippen molar-refractivity contribution in [2.45, 2.75) is 44.9 Å². The lowest BCUT2D eigenvalue weighted by molar-refractivity contribution is -0.126. The highest BCUT2D eigenvalue weighted by Crippen LogP contribution is 2.41. The number of benzene rings is 2. The van der Waals surface area contributed by atoms with Crippen LogP contribution in [0.5, 0.6) is 5.75 Å². The summed E-state index contributed by atoms with van der Waals surface area (Å²) >= 11 is 0. The zero-order valence-electron chi connectivity index (χ0n) is 15.2. The van der Waals surface area contributed by atoms with Gasteiger partial charge in [-0.3, -0.25) is 4.79 Å². The van der Waals surface area contributed by atoms with Gasteiger partial charge in [0, 0.05) is 0 Å². The van der Waals surface area contributed by atoms with Gasteiger partial charge in [0.2, 0.25) is 5.91 Å². The summed E-state index contributed by atoms with van der Waals surface area (Å²) in [5.41, 5.74) is 3.15. The first-order valence-corrected chi connectivity index (χ1v) is 9.16. The minimum absolute atomic E-state index is 0.140. The highest BCUT2D eigenvalue weighted by atomic mass is 16.5. The molecule has 0 aliphatic heterocycles. The van der Waals surface area contributed by atoms with E-state index in [9.17, 15) is 4.79 Å². The number of nitrogens with one attached hydrogen (secondary N) is 1. The molecule has 1 aliphatic carbocycles. The standard InChI is InChI=1S/C22H27NO2/c1-17-9-8-12-20(18(17)2)25-16-15-23-21(24)22(13-6-7-14-22)19-10-4-3-5-11-19/h3-5,8-12H,6-7,13-16H2,1-2H3,(H,23,24). The summed E-state index contributed by atoms with van der Waals surface area (Å²) in [4.78, 5) is 12.9. The molecule has 132 valence electrons. The Hall–Kier alpha value is -2.29. The van der Waals surface area contributed by atoms with Gasteiger partial charge in [-0.15, -0.1) is 0 Å². The van der Waals surface area contributed by atoms with Crippen LogP contribution in [-0.2, 0) is 10.2 Å². The third-order valence-electron chi connectivity index (χ3n) is 5.42. The Morgan fingerprint density at radius 3 is 2.48 bits per heavy atom.